The minimum atomic E-state index is -0.656. The molecule has 4 nitrogen and oxygen atoms in total. The fourth-order valence-corrected chi connectivity index (χ4v) is 2.15. The molecule has 112 valence electrons. The van der Waals surface area contributed by atoms with E-state index in [0.717, 1.165) is 17.2 Å². The Kier molecular flexibility index (Phi) is 5.16. The average Bonchev–Trinajstić information content (AvgIpc) is 2.57. The van der Waals surface area contributed by atoms with Crippen molar-refractivity contribution in [2.75, 3.05) is 13.7 Å². The monoisotopic (exact) mass is 295 g/mol. The summed E-state index contributed by atoms with van der Waals surface area (Å²) in [7, 11) is 1.26. The lowest BCUT2D eigenvalue weighted by Gasteiger charge is -2.11. The summed E-state index contributed by atoms with van der Waals surface area (Å²) in [5, 5.41) is 11.1. The fourth-order valence-electron chi connectivity index (χ4n) is 2.15. The van der Waals surface area contributed by atoms with E-state index in [1.54, 1.807) is 0 Å². The number of ether oxygens (including phenoxy) is 2. The van der Waals surface area contributed by atoms with Crippen LogP contribution in [0, 0.1) is 11.3 Å². The predicted octanol–water partition coefficient (Wildman–Crippen LogP) is 3.71. The topological polar surface area (TPSA) is 59.3 Å². The predicted molar refractivity (Wildman–Crippen MR) is 85.3 cm³/mol. The van der Waals surface area contributed by atoms with Gasteiger partial charge in [-0.25, -0.2) is 4.79 Å². The van der Waals surface area contributed by atoms with Gasteiger partial charge in [-0.1, -0.05) is 37.3 Å². The molecule has 0 aliphatic rings. The number of nitrogens with zero attached hydrogens (tertiary/aromatic N) is 1. The molecular weight excluding hydrogens is 278 g/mol. The van der Waals surface area contributed by atoms with E-state index in [0.29, 0.717) is 17.9 Å². The maximum atomic E-state index is 11.7. The highest BCUT2D eigenvalue weighted by atomic mass is 16.5. The molecule has 0 heterocycles. The average molecular weight is 295 g/mol. The van der Waals surface area contributed by atoms with Crippen LogP contribution in [0.3, 0.4) is 0 Å². The Morgan fingerprint density at radius 1 is 1.27 bits per heavy atom. The second-order valence-electron chi connectivity index (χ2n) is 4.71. The van der Waals surface area contributed by atoms with Gasteiger partial charge in [0.2, 0.25) is 0 Å². The highest BCUT2D eigenvalue weighted by molar-refractivity contribution is 6.02. The smallest absolute Gasteiger partial charge is 0.348 e. The molecule has 0 aliphatic carbocycles. The molecule has 0 spiro atoms. The molecule has 0 aromatic heterocycles. The molecule has 0 amide bonds. The zero-order valence-electron chi connectivity index (χ0n) is 12.6. The van der Waals surface area contributed by atoms with E-state index in [4.69, 9.17) is 10.00 Å². The molecule has 0 bridgehead atoms. The highest BCUT2D eigenvalue weighted by Gasteiger charge is 2.13. The quantitative estimate of drug-likeness (QED) is 0.479. The second-order valence-corrected chi connectivity index (χ2v) is 4.71. The van der Waals surface area contributed by atoms with Crippen LogP contribution in [0.25, 0.3) is 16.8 Å². The molecule has 0 saturated carbocycles. The molecular formula is C18H17NO3. The van der Waals surface area contributed by atoms with Gasteiger partial charge in [-0.05, 0) is 29.3 Å². The van der Waals surface area contributed by atoms with Gasteiger partial charge in [0.05, 0.1) is 13.7 Å². The third-order valence-corrected chi connectivity index (χ3v) is 3.21. The van der Waals surface area contributed by atoms with Crippen molar-refractivity contribution in [1.82, 2.24) is 0 Å². The Hall–Kier alpha value is -2.80. The summed E-state index contributed by atoms with van der Waals surface area (Å²) < 4.78 is 10.4. The molecule has 0 atom stereocenters. The molecule has 0 unspecified atom stereocenters. The van der Waals surface area contributed by atoms with Gasteiger partial charge in [0, 0.05) is 5.56 Å². The lowest BCUT2D eigenvalue weighted by Crippen LogP contribution is -2.03. The summed E-state index contributed by atoms with van der Waals surface area (Å²) in [5.41, 5.74) is 0.661. The van der Waals surface area contributed by atoms with Gasteiger partial charge in [0.15, 0.2) is 0 Å². The number of carbonyl (C=O) groups excluding carboxylic acids is 1. The highest BCUT2D eigenvalue weighted by Crippen LogP contribution is 2.30. The maximum Gasteiger partial charge on any atom is 0.348 e. The van der Waals surface area contributed by atoms with Crippen molar-refractivity contribution in [3.8, 4) is 11.8 Å². The largest absolute Gasteiger partial charge is 0.493 e. The summed E-state index contributed by atoms with van der Waals surface area (Å²) >= 11 is 0. The van der Waals surface area contributed by atoms with Gasteiger partial charge in [0.25, 0.3) is 0 Å². The SMILES string of the molecule is CCCOc1ccc2ccccc2c1/C=C(\C#N)C(=O)OC. The Bertz CT molecular complexity index is 757. The zero-order valence-corrected chi connectivity index (χ0v) is 12.6. The zero-order chi connectivity index (χ0) is 15.9. The van der Waals surface area contributed by atoms with Crippen LogP contribution in [0.5, 0.6) is 5.75 Å². The van der Waals surface area contributed by atoms with Gasteiger partial charge in [0.1, 0.15) is 17.4 Å². The van der Waals surface area contributed by atoms with Crippen LogP contribution >= 0.6 is 0 Å². The van der Waals surface area contributed by atoms with Gasteiger partial charge in [-0.15, -0.1) is 0 Å². The van der Waals surface area contributed by atoms with Crippen molar-refractivity contribution >= 4 is 22.8 Å². The molecule has 0 radical (unpaired) electrons. The molecule has 0 N–H and O–H groups in total. The van der Waals surface area contributed by atoms with Crippen molar-refractivity contribution in [1.29, 1.82) is 5.26 Å². The van der Waals surface area contributed by atoms with Crippen molar-refractivity contribution in [3.63, 3.8) is 0 Å². The van der Waals surface area contributed by atoms with Crippen molar-refractivity contribution in [2.24, 2.45) is 0 Å². The van der Waals surface area contributed by atoms with Crippen LogP contribution in [-0.4, -0.2) is 19.7 Å². The summed E-state index contributed by atoms with van der Waals surface area (Å²) in [6.07, 6.45) is 2.40. The number of hydrogen-bond donors (Lipinski definition) is 0. The van der Waals surface area contributed by atoms with Crippen LogP contribution < -0.4 is 4.74 Å². The molecule has 0 fully saturated rings. The van der Waals surface area contributed by atoms with Crippen molar-refractivity contribution in [3.05, 3.63) is 47.5 Å². The third kappa shape index (κ3) is 3.26. The first-order valence-corrected chi connectivity index (χ1v) is 7.06. The van der Waals surface area contributed by atoms with Crippen molar-refractivity contribution < 1.29 is 14.3 Å². The van der Waals surface area contributed by atoms with E-state index in [1.165, 1.54) is 13.2 Å². The third-order valence-electron chi connectivity index (χ3n) is 3.21. The van der Waals surface area contributed by atoms with Crippen LogP contribution in [0.4, 0.5) is 0 Å². The van der Waals surface area contributed by atoms with Gasteiger partial charge in [-0.3, -0.25) is 0 Å². The van der Waals surface area contributed by atoms with Crippen LogP contribution in [0.2, 0.25) is 0 Å². The van der Waals surface area contributed by atoms with Crippen LogP contribution in [0.15, 0.2) is 42.0 Å². The molecule has 0 saturated heterocycles. The van der Waals surface area contributed by atoms with E-state index in [-0.39, 0.29) is 5.57 Å². The van der Waals surface area contributed by atoms with E-state index < -0.39 is 5.97 Å². The Morgan fingerprint density at radius 3 is 2.73 bits per heavy atom. The summed E-state index contributed by atoms with van der Waals surface area (Å²) in [5.74, 6) is -0.00548. The van der Waals surface area contributed by atoms with E-state index in [1.807, 2.05) is 49.4 Å². The number of fused-ring (bicyclic) bond motifs is 1. The lowest BCUT2D eigenvalue weighted by atomic mass is 10.0. The maximum absolute atomic E-state index is 11.7. The number of nitriles is 1. The van der Waals surface area contributed by atoms with Gasteiger partial charge >= 0.3 is 5.97 Å². The number of carbonyl (C=O) groups is 1. The minimum absolute atomic E-state index is 0.0554. The summed E-state index contributed by atoms with van der Waals surface area (Å²) in [4.78, 5) is 11.7. The lowest BCUT2D eigenvalue weighted by molar-refractivity contribution is -0.135. The van der Waals surface area contributed by atoms with E-state index >= 15 is 0 Å². The van der Waals surface area contributed by atoms with Gasteiger partial charge < -0.3 is 9.47 Å². The molecule has 0 aliphatic heterocycles. The fraction of sp³-hybridized carbons (Fsp3) is 0.222. The second kappa shape index (κ2) is 7.28. The minimum Gasteiger partial charge on any atom is -0.493 e. The first-order valence-electron chi connectivity index (χ1n) is 7.06. The molecule has 2 rings (SSSR count). The molecule has 2 aromatic carbocycles. The number of esters is 1. The number of hydrogen-bond acceptors (Lipinski definition) is 4. The normalized spacial score (nSPS) is 11.0. The Balaban J connectivity index is 2.64. The first-order chi connectivity index (χ1) is 10.7. The number of methoxy groups -OCH3 is 1. The molecule has 4 heteroatoms. The van der Waals surface area contributed by atoms with E-state index in [9.17, 15) is 4.79 Å². The first kappa shape index (κ1) is 15.6. The number of benzene rings is 2. The molecule has 2 aromatic rings. The summed E-state index contributed by atoms with van der Waals surface area (Å²) in [6.45, 7) is 2.59. The number of rotatable bonds is 5. The Labute approximate surface area is 129 Å². The Morgan fingerprint density at radius 2 is 2.05 bits per heavy atom. The van der Waals surface area contributed by atoms with Crippen molar-refractivity contribution in [2.45, 2.75) is 13.3 Å². The van der Waals surface area contributed by atoms with Crippen LogP contribution in [0.1, 0.15) is 18.9 Å². The summed E-state index contributed by atoms with van der Waals surface area (Å²) in [6, 6.07) is 13.5. The van der Waals surface area contributed by atoms with E-state index in [2.05, 4.69) is 4.74 Å². The standard InChI is InChI=1S/C18H17NO3/c1-3-10-22-17-9-8-13-6-4-5-7-15(13)16(17)11-14(12-19)18(20)21-2/h4-9,11H,3,10H2,1-2H3/b14-11+. The van der Waals surface area contributed by atoms with Gasteiger partial charge in [-0.2, -0.15) is 5.26 Å². The van der Waals surface area contributed by atoms with Crippen LogP contribution in [-0.2, 0) is 9.53 Å². The molecule has 22 heavy (non-hydrogen) atoms.